The second kappa shape index (κ2) is 3.68. The number of aromatic nitrogens is 1. The van der Waals surface area contributed by atoms with Crippen molar-refractivity contribution in [2.24, 2.45) is 0 Å². The minimum atomic E-state index is 0.466. The SMILES string of the molecule is [O-][n+]1cccc(Cl)c1-c1ccccc1. The molecule has 0 N–H and O–H groups in total. The Morgan fingerprint density at radius 1 is 1.00 bits per heavy atom. The molecule has 0 bridgehead atoms. The van der Waals surface area contributed by atoms with Crippen LogP contribution in [0.4, 0.5) is 0 Å². The molecular weight excluding hydrogens is 198 g/mol. The first-order chi connectivity index (χ1) is 6.79. The second-order valence-corrected chi connectivity index (χ2v) is 3.30. The van der Waals surface area contributed by atoms with Crippen LogP contribution in [0.5, 0.6) is 0 Å². The van der Waals surface area contributed by atoms with Gasteiger partial charge in [-0.05, 0) is 18.2 Å². The van der Waals surface area contributed by atoms with Crippen LogP contribution >= 0.6 is 11.6 Å². The lowest BCUT2D eigenvalue weighted by molar-refractivity contribution is -0.593. The van der Waals surface area contributed by atoms with E-state index in [0.29, 0.717) is 10.7 Å². The number of halogens is 1. The van der Waals surface area contributed by atoms with E-state index < -0.39 is 0 Å². The van der Waals surface area contributed by atoms with E-state index in [0.717, 1.165) is 10.3 Å². The van der Waals surface area contributed by atoms with Crippen molar-refractivity contribution in [1.29, 1.82) is 0 Å². The summed E-state index contributed by atoms with van der Waals surface area (Å²) in [7, 11) is 0. The van der Waals surface area contributed by atoms with Crippen LogP contribution in [-0.4, -0.2) is 0 Å². The fourth-order valence-electron chi connectivity index (χ4n) is 1.33. The van der Waals surface area contributed by atoms with Gasteiger partial charge in [0.2, 0.25) is 5.69 Å². The lowest BCUT2D eigenvalue weighted by Gasteiger charge is -2.04. The van der Waals surface area contributed by atoms with Crippen LogP contribution in [0.25, 0.3) is 11.3 Å². The maximum Gasteiger partial charge on any atom is 0.242 e. The Balaban J connectivity index is 2.63. The van der Waals surface area contributed by atoms with Gasteiger partial charge < -0.3 is 5.21 Å². The van der Waals surface area contributed by atoms with Crippen LogP contribution in [0.1, 0.15) is 0 Å². The summed E-state index contributed by atoms with van der Waals surface area (Å²) in [5.74, 6) is 0. The van der Waals surface area contributed by atoms with Crippen LogP contribution in [-0.2, 0) is 0 Å². The molecule has 1 heterocycles. The molecule has 0 radical (unpaired) electrons. The molecule has 0 amide bonds. The summed E-state index contributed by atoms with van der Waals surface area (Å²) in [5, 5.41) is 11.9. The van der Waals surface area contributed by atoms with Gasteiger partial charge in [-0.3, -0.25) is 0 Å². The van der Waals surface area contributed by atoms with E-state index in [1.165, 1.54) is 6.20 Å². The fraction of sp³-hybridized carbons (Fsp3) is 0. The first-order valence-corrected chi connectivity index (χ1v) is 4.60. The molecule has 1 aromatic carbocycles. The molecule has 0 fully saturated rings. The predicted molar refractivity (Wildman–Crippen MR) is 55.8 cm³/mol. The zero-order valence-corrected chi connectivity index (χ0v) is 8.11. The highest BCUT2D eigenvalue weighted by Gasteiger charge is 2.11. The van der Waals surface area contributed by atoms with Gasteiger partial charge in [0.1, 0.15) is 5.02 Å². The van der Waals surface area contributed by atoms with Crippen LogP contribution < -0.4 is 4.73 Å². The molecular formula is C11H8ClNO. The summed E-state index contributed by atoms with van der Waals surface area (Å²) in [6, 6.07) is 12.7. The molecule has 0 saturated heterocycles. The van der Waals surface area contributed by atoms with Gasteiger partial charge in [0.05, 0.1) is 0 Å². The monoisotopic (exact) mass is 205 g/mol. The van der Waals surface area contributed by atoms with E-state index in [2.05, 4.69) is 0 Å². The number of benzene rings is 1. The number of rotatable bonds is 1. The Hall–Kier alpha value is -1.54. The third kappa shape index (κ3) is 1.56. The highest BCUT2D eigenvalue weighted by Crippen LogP contribution is 2.22. The first-order valence-electron chi connectivity index (χ1n) is 4.22. The van der Waals surface area contributed by atoms with E-state index >= 15 is 0 Å². The maximum atomic E-state index is 11.5. The summed E-state index contributed by atoms with van der Waals surface area (Å²) in [5.41, 5.74) is 1.32. The quantitative estimate of drug-likeness (QED) is 0.519. The number of hydrogen-bond donors (Lipinski definition) is 0. The van der Waals surface area contributed by atoms with Crippen LogP contribution in [0.2, 0.25) is 5.02 Å². The molecule has 0 unspecified atom stereocenters. The highest BCUT2D eigenvalue weighted by atomic mass is 35.5. The van der Waals surface area contributed by atoms with E-state index in [4.69, 9.17) is 11.6 Å². The third-order valence-electron chi connectivity index (χ3n) is 1.96. The van der Waals surface area contributed by atoms with E-state index in [9.17, 15) is 5.21 Å². The standard InChI is InChI=1S/C11H8ClNO/c12-10-7-4-8-13(14)11(10)9-5-2-1-3-6-9/h1-8H. The van der Waals surface area contributed by atoms with Crippen molar-refractivity contribution in [3.8, 4) is 11.3 Å². The number of pyridine rings is 1. The average molecular weight is 206 g/mol. The average Bonchev–Trinajstić information content (AvgIpc) is 2.19. The largest absolute Gasteiger partial charge is 0.618 e. The maximum absolute atomic E-state index is 11.5. The smallest absolute Gasteiger partial charge is 0.242 e. The van der Waals surface area contributed by atoms with Gasteiger partial charge in [0.15, 0.2) is 6.20 Å². The third-order valence-corrected chi connectivity index (χ3v) is 2.26. The summed E-state index contributed by atoms with van der Waals surface area (Å²) >= 11 is 5.94. The normalized spacial score (nSPS) is 10.1. The fourth-order valence-corrected chi connectivity index (χ4v) is 1.59. The van der Waals surface area contributed by atoms with Crippen LogP contribution in [0.15, 0.2) is 48.7 Å². The van der Waals surface area contributed by atoms with Crippen molar-refractivity contribution in [3.05, 3.63) is 58.9 Å². The molecule has 0 aliphatic rings. The molecule has 70 valence electrons. The van der Waals surface area contributed by atoms with Gasteiger partial charge >= 0.3 is 0 Å². The van der Waals surface area contributed by atoms with Gasteiger partial charge in [0.25, 0.3) is 0 Å². The van der Waals surface area contributed by atoms with Crippen LogP contribution in [0, 0.1) is 5.21 Å². The Bertz CT molecular complexity index is 422. The topological polar surface area (TPSA) is 26.9 Å². The Morgan fingerprint density at radius 2 is 1.71 bits per heavy atom. The minimum absolute atomic E-state index is 0.466. The summed E-state index contributed by atoms with van der Waals surface area (Å²) in [6.45, 7) is 0. The lowest BCUT2D eigenvalue weighted by Crippen LogP contribution is -2.28. The zero-order valence-electron chi connectivity index (χ0n) is 7.35. The van der Waals surface area contributed by atoms with Gasteiger partial charge in [-0.2, -0.15) is 4.73 Å². The molecule has 0 aliphatic carbocycles. The molecule has 0 aliphatic heterocycles. The molecule has 0 atom stereocenters. The van der Waals surface area contributed by atoms with Gasteiger partial charge in [0, 0.05) is 11.6 Å². The van der Waals surface area contributed by atoms with Crippen molar-refractivity contribution >= 4 is 11.6 Å². The molecule has 2 nitrogen and oxygen atoms in total. The summed E-state index contributed by atoms with van der Waals surface area (Å²) in [6.07, 6.45) is 1.44. The van der Waals surface area contributed by atoms with Crippen molar-refractivity contribution in [2.45, 2.75) is 0 Å². The zero-order chi connectivity index (χ0) is 9.97. The van der Waals surface area contributed by atoms with Gasteiger partial charge in [-0.25, -0.2) is 0 Å². The molecule has 2 aromatic rings. The van der Waals surface area contributed by atoms with Crippen molar-refractivity contribution in [2.75, 3.05) is 0 Å². The lowest BCUT2D eigenvalue weighted by atomic mass is 10.1. The predicted octanol–water partition coefficient (Wildman–Crippen LogP) is 2.64. The molecule has 0 spiro atoms. The Kier molecular flexibility index (Phi) is 2.37. The number of hydrogen-bond acceptors (Lipinski definition) is 1. The van der Waals surface area contributed by atoms with Crippen molar-refractivity contribution in [1.82, 2.24) is 0 Å². The van der Waals surface area contributed by atoms with Gasteiger partial charge in [-0.1, -0.05) is 29.8 Å². The molecule has 2 rings (SSSR count). The second-order valence-electron chi connectivity index (χ2n) is 2.90. The van der Waals surface area contributed by atoms with Gasteiger partial charge in [-0.15, -0.1) is 0 Å². The molecule has 0 saturated carbocycles. The molecule has 1 aromatic heterocycles. The van der Waals surface area contributed by atoms with Crippen molar-refractivity contribution < 1.29 is 4.73 Å². The Labute approximate surface area is 87.0 Å². The summed E-state index contributed by atoms with van der Waals surface area (Å²) in [4.78, 5) is 0. The minimum Gasteiger partial charge on any atom is -0.618 e. The summed E-state index contributed by atoms with van der Waals surface area (Å²) < 4.78 is 0.775. The Morgan fingerprint density at radius 3 is 2.36 bits per heavy atom. The molecule has 3 heteroatoms. The highest BCUT2D eigenvalue weighted by molar-refractivity contribution is 6.32. The van der Waals surface area contributed by atoms with E-state index in [1.807, 2.05) is 30.3 Å². The first kappa shape index (κ1) is 9.03. The number of nitrogens with zero attached hydrogens (tertiary/aromatic N) is 1. The molecule has 14 heavy (non-hydrogen) atoms. The van der Waals surface area contributed by atoms with E-state index in [-0.39, 0.29) is 0 Å². The van der Waals surface area contributed by atoms with Crippen LogP contribution in [0.3, 0.4) is 0 Å². The van der Waals surface area contributed by atoms with E-state index in [1.54, 1.807) is 12.1 Å². The van der Waals surface area contributed by atoms with Crippen molar-refractivity contribution in [3.63, 3.8) is 0 Å².